The van der Waals surface area contributed by atoms with Gasteiger partial charge in [0.15, 0.2) is 5.69 Å². The normalized spacial score (nSPS) is 13.9. The third-order valence-corrected chi connectivity index (χ3v) is 3.26. The first-order valence-corrected chi connectivity index (χ1v) is 6.32. The molecule has 1 aliphatic rings. The molecular formula is C13H12ClN3O2. The van der Waals surface area contributed by atoms with Gasteiger partial charge < -0.3 is 10.1 Å². The summed E-state index contributed by atoms with van der Waals surface area (Å²) in [5.74, 6) is -0.245. The number of carbonyl (C=O) groups is 1. The molecule has 0 atom stereocenters. The predicted molar refractivity (Wildman–Crippen MR) is 71.4 cm³/mol. The van der Waals surface area contributed by atoms with E-state index in [1.807, 2.05) is 0 Å². The van der Waals surface area contributed by atoms with Gasteiger partial charge in [0.2, 0.25) is 0 Å². The summed E-state index contributed by atoms with van der Waals surface area (Å²) in [6, 6.07) is 6.94. The minimum atomic E-state index is -0.245. The van der Waals surface area contributed by atoms with E-state index in [-0.39, 0.29) is 5.91 Å². The summed E-state index contributed by atoms with van der Waals surface area (Å²) in [5, 5.41) is 10.4. The molecule has 19 heavy (non-hydrogen) atoms. The standard InChI is InChI=1S/C13H12ClN3O2/c14-8-1-3-9(4-2-8)15-13(18)12-10-7-19-6-5-11(10)16-17-12/h1-4H,5-7H2,(H,15,18)(H,16,17). The lowest BCUT2D eigenvalue weighted by Gasteiger charge is -2.12. The van der Waals surface area contributed by atoms with Crippen LogP contribution in [0.15, 0.2) is 24.3 Å². The van der Waals surface area contributed by atoms with Crippen LogP contribution in [-0.4, -0.2) is 22.7 Å². The summed E-state index contributed by atoms with van der Waals surface area (Å²) in [6.07, 6.45) is 0.760. The molecule has 0 bridgehead atoms. The molecule has 0 saturated heterocycles. The van der Waals surface area contributed by atoms with Crippen molar-refractivity contribution in [3.05, 3.63) is 46.2 Å². The van der Waals surface area contributed by atoms with Gasteiger partial charge in [0.1, 0.15) is 0 Å². The number of hydrogen-bond donors (Lipinski definition) is 2. The summed E-state index contributed by atoms with van der Waals surface area (Å²) in [5.41, 5.74) is 2.90. The van der Waals surface area contributed by atoms with Crippen molar-refractivity contribution in [3.8, 4) is 0 Å². The average Bonchev–Trinajstić information content (AvgIpc) is 2.85. The van der Waals surface area contributed by atoms with Crippen LogP contribution in [0.25, 0.3) is 0 Å². The van der Waals surface area contributed by atoms with Gasteiger partial charge >= 0.3 is 0 Å². The number of rotatable bonds is 2. The van der Waals surface area contributed by atoms with E-state index in [1.165, 1.54) is 0 Å². The maximum atomic E-state index is 12.1. The number of aromatic amines is 1. The van der Waals surface area contributed by atoms with E-state index in [4.69, 9.17) is 16.3 Å². The van der Waals surface area contributed by atoms with Crippen molar-refractivity contribution in [2.75, 3.05) is 11.9 Å². The summed E-state index contributed by atoms with van der Waals surface area (Å²) in [7, 11) is 0. The molecule has 1 aromatic heterocycles. The third kappa shape index (κ3) is 2.47. The van der Waals surface area contributed by atoms with Crippen LogP contribution in [0.5, 0.6) is 0 Å². The lowest BCUT2D eigenvalue weighted by atomic mass is 10.1. The fourth-order valence-electron chi connectivity index (χ4n) is 2.02. The number of halogens is 1. The minimum Gasteiger partial charge on any atom is -0.376 e. The number of anilines is 1. The first-order chi connectivity index (χ1) is 9.24. The SMILES string of the molecule is O=C(Nc1ccc(Cl)cc1)c1n[nH]c2c1COCC2. The van der Waals surface area contributed by atoms with Crippen LogP contribution in [0.1, 0.15) is 21.7 Å². The summed E-state index contributed by atoms with van der Waals surface area (Å²) >= 11 is 5.80. The first kappa shape index (κ1) is 12.2. The molecule has 0 saturated carbocycles. The fourth-order valence-corrected chi connectivity index (χ4v) is 2.15. The lowest BCUT2D eigenvalue weighted by Crippen LogP contribution is -2.17. The van der Waals surface area contributed by atoms with Gasteiger partial charge in [-0.2, -0.15) is 5.10 Å². The van der Waals surface area contributed by atoms with Gasteiger partial charge in [0.05, 0.1) is 13.2 Å². The average molecular weight is 278 g/mol. The van der Waals surface area contributed by atoms with Crippen molar-refractivity contribution in [1.82, 2.24) is 10.2 Å². The minimum absolute atomic E-state index is 0.245. The molecule has 98 valence electrons. The lowest BCUT2D eigenvalue weighted by molar-refractivity contribution is 0.0985. The van der Waals surface area contributed by atoms with E-state index in [1.54, 1.807) is 24.3 Å². The predicted octanol–water partition coefficient (Wildman–Crippen LogP) is 2.39. The molecule has 3 rings (SSSR count). The zero-order valence-corrected chi connectivity index (χ0v) is 10.8. The van der Waals surface area contributed by atoms with E-state index in [0.29, 0.717) is 29.6 Å². The number of hydrogen-bond acceptors (Lipinski definition) is 3. The van der Waals surface area contributed by atoms with Crippen molar-refractivity contribution < 1.29 is 9.53 Å². The molecule has 2 aromatic rings. The zero-order chi connectivity index (χ0) is 13.2. The molecule has 0 unspecified atom stereocenters. The number of ether oxygens (including phenoxy) is 1. The molecule has 6 heteroatoms. The van der Waals surface area contributed by atoms with Crippen molar-refractivity contribution in [2.45, 2.75) is 13.0 Å². The van der Waals surface area contributed by atoms with Crippen LogP contribution in [0.4, 0.5) is 5.69 Å². The van der Waals surface area contributed by atoms with Gasteiger partial charge in [-0.1, -0.05) is 11.6 Å². The van der Waals surface area contributed by atoms with Gasteiger partial charge in [0, 0.05) is 28.4 Å². The van der Waals surface area contributed by atoms with E-state index in [9.17, 15) is 4.79 Å². The number of benzene rings is 1. The Morgan fingerprint density at radius 1 is 1.37 bits per heavy atom. The van der Waals surface area contributed by atoms with Crippen LogP contribution >= 0.6 is 11.6 Å². The van der Waals surface area contributed by atoms with Gasteiger partial charge in [-0.3, -0.25) is 9.89 Å². The smallest absolute Gasteiger partial charge is 0.276 e. The highest BCUT2D eigenvalue weighted by atomic mass is 35.5. The monoisotopic (exact) mass is 277 g/mol. The molecule has 2 heterocycles. The Labute approximate surface area is 114 Å². The first-order valence-electron chi connectivity index (χ1n) is 5.95. The van der Waals surface area contributed by atoms with Gasteiger partial charge in [-0.05, 0) is 24.3 Å². The van der Waals surface area contributed by atoms with Crippen molar-refractivity contribution in [3.63, 3.8) is 0 Å². The Morgan fingerprint density at radius 2 is 2.16 bits per heavy atom. The number of aromatic nitrogens is 2. The highest BCUT2D eigenvalue weighted by Crippen LogP contribution is 2.20. The van der Waals surface area contributed by atoms with Crippen molar-refractivity contribution in [2.24, 2.45) is 0 Å². The molecule has 1 amide bonds. The van der Waals surface area contributed by atoms with Crippen LogP contribution in [0, 0.1) is 0 Å². The highest BCUT2D eigenvalue weighted by molar-refractivity contribution is 6.30. The van der Waals surface area contributed by atoms with Gasteiger partial charge in [0.25, 0.3) is 5.91 Å². The molecule has 1 aromatic carbocycles. The molecule has 1 aliphatic heterocycles. The van der Waals surface area contributed by atoms with Crippen LogP contribution in [0.3, 0.4) is 0 Å². The molecule has 5 nitrogen and oxygen atoms in total. The van der Waals surface area contributed by atoms with E-state index >= 15 is 0 Å². The summed E-state index contributed by atoms with van der Waals surface area (Å²) in [6.45, 7) is 1.09. The van der Waals surface area contributed by atoms with Crippen LogP contribution in [-0.2, 0) is 17.8 Å². The second-order valence-electron chi connectivity index (χ2n) is 4.29. The quantitative estimate of drug-likeness (QED) is 0.886. The molecule has 2 N–H and O–H groups in total. The van der Waals surface area contributed by atoms with Gasteiger partial charge in [-0.25, -0.2) is 0 Å². The number of carbonyl (C=O) groups excluding carboxylic acids is 1. The number of nitrogens with zero attached hydrogens (tertiary/aromatic N) is 1. The van der Waals surface area contributed by atoms with E-state index < -0.39 is 0 Å². The number of H-pyrrole nitrogens is 1. The van der Waals surface area contributed by atoms with E-state index in [2.05, 4.69) is 15.5 Å². The zero-order valence-electron chi connectivity index (χ0n) is 10.1. The van der Waals surface area contributed by atoms with Crippen molar-refractivity contribution >= 4 is 23.2 Å². The second kappa shape index (κ2) is 5.03. The Bertz CT molecular complexity index is 607. The van der Waals surface area contributed by atoms with Crippen LogP contribution in [0.2, 0.25) is 5.02 Å². The topological polar surface area (TPSA) is 67.0 Å². The van der Waals surface area contributed by atoms with Crippen molar-refractivity contribution in [1.29, 1.82) is 0 Å². The maximum Gasteiger partial charge on any atom is 0.276 e. The maximum absolute atomic E-state index is 12.1. The Hall–Kier alpha value is -1.85. The molecular weight excluding hydrogens is 266 g/mol. The summed E-state index contributed by atoms with van der Waals surface area (Å²) in [4.78, 5) is 12.1. The number of amides is 1. The number of nitrogens with one attached hydrogen (secondary N) is 2. The van der Waals surface area contributed by atoms with Gasteiger partial charge in [-0.15, -0.1) is 0 Å². The Morgan fingerprint density at radius 3 is 2.95 bits per heavy atom. The highest BCUT2D eigenvalue weighted by Gasteiger charge is 2.22. The summed E-state index contributed by atoms with van der Waals surface area (Å²) < 4.78 is 5.35. The largest absolute Gasteiger partial charge is 0.376 e. The molecule has 0 aliphatic carbocycles. The number of fused-ring (bicyclic) bond motifs is 1. The van der Waals surface area contributed by atoms with Crippen LogP contribution < -0.4 is 5.32 Å². The molecule has 0 radical (unpaired) electrons. The Balaban J connectivity index is 1.80. The van der Waals surface area contributed by atoms with E-state index in [0.717, 1.165) is 17.7 Å². The molecule has 0 fully saturated rings. The molecule has 0 spiro atoms. The third-order valence-electron chi connectivity index (χ3n) is 3.01. The fraction of sp³-hybridized carbons (Fsp3) is 0.231. The second-order valence-corrected chi connectivity index (χ2v) is 4.73. The Kier molecular flexibility index (Phi) is 3.23.